The number of hydrogen-bond donors (Lipinski definition) is 1. The molecule has 1 aliphatic rings. The number of halogens is 1. The van der Waals surface area contributed by atoms with E-state index in [2.05, 4.69) is 5.32 Å². The second-order valence-corrected chi connectivity index (χ2v) is 6.82. The first-order chi connectivity index (χ1) is 12.9. The van der Waals surface area contributed by atoms with E-state index in [1.165, 1.54) is 11.0 Å². The Morgan fingerprint density at radius 1 is 1.15 bits per heavy atom. The van der Waals surface area contributed by atoms with Gasteiger partial charge in [-0.1, -0.05) is 29.3 Å². The molecule has 1 aliphatic heterocycles. The third kappa shape index (κ3) is 4.71. The molecule has 0 spiro atoms. The Bertz CT molecular complexity index is 852. The first-order valence-corrected chi connectivity index (χ1v) is 9.03. The standard InChI is InChI=1S/C20H21ClN2O4/c1-13-4-6-15(7-5-13)22-18(24)12-23(2)20(25)14-10-16(21)19-17(11-14)26-8-3-9-27-19/h4-7,10-11H,3,8-9,12H2,1-2H3,(H,22,24). The monoisotopic (exact) mass is 388 g/mol. The fourth-order valence-corrected chi connectivity index (χ4v) is 2.96. The van der Waals surface area contributed by atoms with Crippen LogP contribution in [0.4, 0.5) is 5.69 Å². The van der Waals surface area contributed by atoms with Crippen LogP contribution in [0.2, 0.25) is 5.02 Å². The molecule has 2 aromatic rings. The molecule has 0 bridgehead atoms. The van der Waals surface area contributed by atoms with Gasteiger partial charge in [-0.25, -0.2) is 0 Å². The van der Waals surface area contributed by atoms with Gasteiger partial charge in [-0.15, -0.1) is 0 Å². The second kappa shape index (κ2) is 8.31. The number of ether oxygens (including phenoxy) is 2. The van der Waals surface area contributed by atoms with Gasteiger partial charge >= 0.3 is 0 Å². The fraction of sp³-hybridized carbons (Fsp3) is 0.300. The first kappa shape index (κ1) is 19.0. The largest absolute Gasteiger partial charge is 0.489 e. The van der Waals surface area contributed by atoms with Crippen LogP contribution < -0.4 is 14.8 Å². The quantitative estimate of drug-likeness (QED) is 0.870. The minimum Gasteiger partial charge on any atom is -0.489 e. The summed E-state index contributed by atoms with van der Waals surface area (Å²) in [5.74, 6) is 0.285. The van der Waals surface area contributed by atoms with Crippen LogP contribution in [0.3, 0.4) is 0 Å². The molecule has 2 amide bonds. The van der Waals surface area contributed by atoms with Crippen molar-refractivity contribution in [1.82, 2.24) is 4.90 Å². The number of amides is 2. The number of nitrogens with zero attached hydrogens (tertiary/aromatic N) is 1. The average molecular weight is 389 g/mol. The summed E-state index contributed by atoms with van der Waals surface area (Å²) >= 11 is 6.24. The van der Waals surface area contributed by atoms with E-state index in [-0.39, 0.29) is 18.4 Å². The Morgan fingerprint density at radius 3 is 2.59 bits per heavy atom. The molecule has 0 aliphatic carbocycles. The van der Waals surface area contributed by atoms with Gasteiger partial charge < -0.3 is 19.7 Å². The smallest absolute Gasteiger partial charge is 0.254 e. The number of anilines is 1. The molecule has 3 rings (SSSR count). The summed E-state index contributed by atoms with van der Waals surface area (Å²) in [6.45, 7) is 2.89. The van der Waals surface area contributed by atoms with Crippen LogP contribution in [0.1, 0.15) is 22.3 Å². The Labute approximate surface area is 163 Å². The zero-order valence-corrected chi connectivity index (χ0v) is 16.0. The molecule has 0 aromatic heterocycles. The molecule has 0 unspecified atom stereocenters. The number of hydrogen-bond acceptors (Lipinski definition) is 4. The van der Waals surface area contributed by atoms with Gasteiger partial charge in [0.15, 0.2) is 11.5 Å². The van der Waals surface area contributed by atoms with Gasteiger partial charge in [0.2, 0.25) is 5.91 Å². The van der Waals surface area contributed by atoms with Crippen LogP contribution >= 0.6 is 11.6 Å². The Kier molecular flexibility index (Phi) is 5.86. The maximum atomic E-state index is 12.7. The van der Waals surface area contributed by atoms with Crippen molar-refractivity contribution in [3.8, 4) is 11.5 Å². The third-order valence-electron chi connectivity index (χ3n) is 4.11. The molecule has 6 nitrogen and oxygen atoms in total. The molecule has 2 aromatic carbocycles. The SMILES string of the molecule is Cc1ccc(NC(=O)CN(C)C(=O)c2cc(Cl)c3c(c2)OCCCO3)cc1. The highest BCUT2D eigenvalue weighted by molar-refractivity contribution is 6.32. The molecule has 0 radical (unpaired) electrons. The lowest BCUT2D eigenvalue weighted by Crippen LogP contribution is -2.35. The zero-order chi connectivity index (χ0) is 19.4. The predicted molar refractivity (Wildman–Crippen MR) is 104 cm³/mol. The minimum atomic E-state index is -0.327. The summed E-state index contributed by atoms with van der Waals surface area (Å²) in [6, 6.07) is 10.6. The topological polar surface area (TPSA) is 67.9 Å². The molecular formula is C20H21ClN2O4. The van der Waals surface area contributed by atoms with Gasteiger partial charge in [-0.05, 0) is 31.2 Å². The first-order valence-electron chi connectivity index (χ1n) is 8.65. The van der Waals surface area contributed by atoms with Crippen molar-refractivity contribution in [2.24, 2.45) is 0 Å². The van der Waals surface area contributed by atoms with Gasteiger partial charge in [0.1, 0.15) is 0 Å². The van der Waals surface area contributed by atoms with E-state index < -0.39 is 0 Å². The summed E-state index contributed by atoms with van der Waals surface area (Å²) < 4.78 is 11.2. The summed E-state index contributed by atoms with van der Waals surface area (Å²) in [4.78, 5) is 26.2. The highest BCUT2D eigenvalue weighted by Crippen LogP contribution is 2.38. The van der Waals surface area contributed by atoms with Crippen molar-refractivity contribution < 1.29 is 19.1 Å². The van der Waals surface area contributed by atoms with Crippen LogP contribution in [0.5, 0.6) is 11.5 Å². The predicted octanol–water partition coefficient (Wildman–Crippen LogP) is 3.52. The van der Waals surface area contributed by atoms with Crippen molar-refractivity contribution >= 4 is 29.1 Å². The summed E-state index contributed by atoms with van der Waals surface area (Å²) in [5.41, 5.74) is 2.13. The van der Waals surface area contributed by atoms with E-state index in [1.807, 2.05) is 31.2 Å². The third-order valence-corrected chi connectivity index (χ3v) is 4.39. The van der Waals surface area contributed by atoms with Crippen molar-refractivity contribution in [2.75, 3.05) is 32.1 Å². The average Bonchev–Trinajstić information content (AvgIpc) is 2.88. The molecule has 0 saturated carbocycles. The van der Waals surface area contributed by atoms with E-state index in [4.69, 9.17) is 21.1 Å². The lowest BCUT2D eigenvalue weighted by molar-refractivity contribution is -0.116. The summed E-state index contributed by atoms with van der Waals surface area (Å²) in [6.07, 6.45) is 0.743. The van der Waals surface area contributed by atoms with Crippen LogP contribution in [0, 0.1) is 6.92 Å². The Balaban J connectivity index is 1.68. The summed E-state index contributed by atoms with van der Waals surface area (Å²) in [5, 5.41) is 3.09. The number of fused-ring (bicyclic) bond motifs is 1. The van der Waals surface area contributed by atoms with Gasteiger partial charge in [-0.2, -0.15) is 0 Å². The van der Waals surface area contributed by atoms with Gasteiger partial charge in [0, 0.05) is 24.7 Å². The maximum Gasteiger partial charge on any atom is 0.254 e. The van der Waals surface area contributed by atoms with E-state index >= 15 is 0 Å². The van der Waals surface area contributed by atoms with Crippen molar-refractivity contribution in [2.45, 2.75) is 13.3 Å². The van der Waals surface area contributed by atoms with Crippen LogP contribution in [0.15, 0.2) is 36.4 Å². The highest BCUT2D eigenvalue weighted by Gasteiger charge is 2.21. The highest BCUT2D eigenvalue weighted by atomic mass is 35.5. The Hall–Kier alpha value is -2.73. The zero-order valence-electron chi connectivity index (χ0n) is 15.3. The normalized spacial score (nSPS) is 12.9. The molecule has 0 atom stereocenters. The number of rotatable bonds is 4. The number of nitrogens with one attached hydrogen (secondary N) is 1. The van der Waals surface area contributed by atoms with Gasteiger partial charge in [-0.3, -0.25) is 9.59 Å². The number of carbonyl (C=O) groups excluding carboxylic acids is 2. The van der Waals surface area contributed by atoms with E-state index in [9.17, 15) is 9.59 Å². The van der Waals surface area contributed by atoms with Crippen molar-refractivity contribution in [1.29, 1.82) is 0 Å². The van der Waals surface area contributed by atoms with E-state index in [0.29, 0.717) is 41.0 Å². The molecular weight excluding hydrogens is 368 g/mol. The number of benzene rings is 2. The molecule has 0 fully saturated rings. The van der Waals surface area contributed by atoms with Crippen LogP contribution in [0.25, 0.3) is 0 Å². The molecule has 1 heterocycles. The minimum absolute atomic E-state index is 0.0846. The maximum absolute atomic E-state index is 12.7. The van der Waals surface area contributed by atoms with E-state index in [1.54, 1.807) is 13.1 Å². The second-order valence-electron chi connectivity index (χ2n) is 6.41. The number of aryl methyl sites for hydroxylation is 1. The van der Waals surface area contributed by atoms with Gasteiger partial charge in [0.25, 0.3) is 5.91 Å². The molecule has 7 heteroatoms. The lowest BCUT2D eigenvalue weighted by atomic mass is 10.1. The van der Waals surface area contributed by atoms with Crippen molar-refractivity contribution in [3.63, 3.8) is 0 Å². The molecule has 142 valence electrons. The number of likely N-dealkylation sites (N-methyl/N-ethyl adjacent to an activating group) is 1. The lowest BCUT2D eigenvalue weighted by Gasteiger charge is -2.18. The number of carbonyl (C=O) groups is 2. The summed E-state index contributed by atoms with van der Waals surface area (Å²) in [7, 11) is 1.56. The van der Waals surface area contributed by atoms with Crippen molar-refractivity contribution in [3.05, 3.63) is 52.5 Å². The Morgan fingerprint density at radius 2 is 1.85 bits per heavy atom. The fourth-order valence-electron chi connectivity index (χ4n) is 2.70. The molecule has 0 saturated heterocycles. The molecule has 27 heavy (non-hydrogen) atoms. The molecule has 1 N–H and O–H groups in total. The van der Waals surface area contributed by atoms with Crippen LogP contribution in [-0.2, 0) is 4.79 Å². The van der Waals surface area contributed by atoms with Gasteiger partial charge in [0.05, 0.1) is 24.8 Å². The van der Waals surface area contributed by atoms with Crippen LogP contribution in [-0.4, -0.2) is 43.5 Å². The van der Waals surface area contributed by atoms with E-state index in [0.717, 1.165) is 12.0 Å².